The molecule has 0 atom stereocenters. The van der Waals surface area contributed by atoms with Crippen LogP contribution in [0.4, 0.5) is 0 Å². The van der Waals surface area contributed by atoms with Crippen LogP contribution in [-0.2, 0) is 0 Å². The minimum Gasteiger partial charge on any atom is -0.478 e. The molecule has 3 nitrogen and oxygen atoms in total. The molecule has 0 aliphatic heterocycles. The highest BCUT2D eigenvalue weighted by atomic mass is 127. The van der Waals surface area contributed by atoms with E-state index in [9.17, 15) is 4.79 Å². The number of carboxylic acids is 1. The van der Waals surface area contributed by atoms with Gasteiger partial charge in [-0.05, 0) is 54.6 Å². The molecule has 16 heavy (non-hydrogen) atoms. The zero-order chi connectivity index (χ0) is 11.9. The van der Waals surface area contributed by atoms with Crippen molar-refractivity contribution in [1.29, 1.82) is 0 Å². The molecule has 2 aromatic rings. The number of carboxylic acid groups (broad SMARTS) is 1. The highest BCUT2D eigenvalue weighted by Gasteiger charge is 2.13. The quantitative estimate of drug-likeness (QED) is 0.857. The van der Waals surface area contributed by atoms with E-state index in [0.29, 0.717) is 11.6 Å². The second-order valence-electron chi connectivity index (χ2n) is 4.01. The average Bonchev–Trinajstić information content (AvgIpc) is 2.59. The maximum Gasteiger partial charge on any atom is 0.336 e. The van der Waals surface area contributed by atoms with Gasteiger partial charge in [0.15, 0.2) is 0 Å². The number of aromatic carboxylic acids is 1. The summed E-state index contributed by atoms with van der Waals surface area (Å²) in [7, 11) is 0. The number of hydrogen-bond donors (Lipinski definition) is 1. The lowest BCUT2D eigenvalue weighted by Gasteiger charge is -2.10. The van der Waals surface area contributed by atoms with Crippen LogP contribution in [0.2, 0.25) is 0 Å². The fourth-order valence-corrected chi connectivity index (χ4v) is 2.46. The number of halogens is 1. The molecule has 0 aliphatic rings. The molecule has 0 aliphatic carbocycles. The average molecular weight is 329 g/mol. The molecule has 0 saturated carbocycles. The van der Waals surface area contributed by atoms with Gasteiger partial charge in [-0.3, -0.25) is 0 Å². The molecule has 84 valence electrons. The van der Waals surface area contributed by atoms with E-state index >= 15 is 0 Å². The normalized spacial score (nSPS) is 11.2. The summed E-state index contributed by atoms with van der Waals surface area (Å²) in [5.74, 6) is -0.870. The highest BCUT2D eigenvalue weighted by Crippen LogP contribution is 2.26. The molecule has 0 radical (unpaired) electrons. The molecular formula is C12H12INO2. The van der Waals surface area contributed by atoms with E-state index < -0.39 is 5.97 Å². The predicted octanol–water partition coefficient (Wildman–Crippen LogP) is 3.53. The Balaban J connectivity index is 2.81. The van der Waals surface area contributed by atoms with Crippen molar-refractivity contribution >= 4 is 39.5 Å². The fraction of sp³-hybridized carbons (Fsp3) is 0.250. The molecule has 0 fully saturated rings. The summed E-state index contributed by atoms with van der Waals surface area (Å²) >= 11 is 2.15. The SMILES string of the molecule is CC(C)n1ccc2c(C(=O)O)cc(I)cc21. The van der Waals surface area contributed by atoms with Gasteiger partial charge in [0.25, 0.3) is 0 Å². The van der Waals surface area contributed by atoms with Gasteiger partial charge in [-0.1, -0.05) is 0 Å². The standard InChI is InChI=1S/C12H12INO2/c1-7(2)14-4-3-9-10(12(15)16)5-8(13)6-11(9)14/h3-7H,1-2H3,(H,15,16). The number of nitrogens with zero attached hydrogens (tertiary/aromatic N) is 1. The number of hydrogen-bond acceptors (Lipinski definition) is 1. The van der Waals surface area contributed by atoms with E-state index in [0.717, 1.165) is 14.5 Å². The van der Waals surface area contributed by atoms with Crippen molar-refractivity contribution in [2.24, 2.45) is 0 Å². The minimum absolute atomic E-state index is 0.331. The molecule has 2 rings (SSSR count). The number of aromatic nitrogens is 1. The van der Waals surface area contributed by atoms with E-state index in [1.165, 1.54) is 0 Å². The largest absolute Gasteiger partial charge is 0.478 e. The van der Waals surface area contributed by atoms with Gasteiger partial charge in [-0.2, -0.15) is 0 Å². The molecule has 0 amide bonds. The molecule has 1 aromatic carbocycles. The van der Waals surface area contributed by atoms with Gasteiger partial charge >= 0.3 is 5.97 Å². The summed E-state index contributed by atoms with van der Waals surface area (Å²) < 4.78 is 3.03. The molecule has 0 saturated heterocycles. The van der Waals surface area contributed by atoms with Gasteiger partial charge in [0, 0.05) is 21.2 Å². The van der Waals surface area contributed by atoms with Crippen LogP contribution in [0.15, 0.2) is 24.4 Å². The molecular weight excluding hydrogens is 317 g/mol. The van der Waals surface area contributed by atoms with Crippen LogP contribution in [0.5, 0.6) is 0 Å². The van der Waals surface area contributed by atoms with Crippen LogP contribution in [0.3, 0.4) is 0 Å². The maximum atomic E-state index is 11.1. The monoisotopic (exact) mass is 329 g/mol. The topological polar surface area (TPSA) is 42.2 Å². The van der Waals surface area contributed by atoms with Crippen molar-refractivity contribution < 1.29 is 9.90 Å². The molecule has 4 heteroatoms. The Hall–Kier alpha value is -1.04. The third-order valence-electron chi connectivity index (χ3n) is 2.59. The summed E-state index contributed by atoms with van der Waals surface area (Å²) in [5.41, 5.74) is 1.36. The van der Waals surface area contributed by atoms with Crippen molar-refractivity contribution in [2.75, 3.05) is 0 Å². The number of carbonyl (C=O) groups is 1. The molecule has 1 aromatic heterocycles. The van der Waals surface area contributed by atoms with Crippen molar-refractivity contribution in [3.8, 4) is 0 Å². The predicted molar refractivity (Wildman–Crippen MR) is 72.0 cm³/mol. The van der Waals surface area contributed by atoms with Crippen molar-refractivity contribution in [2.45, 2.75) is 19.9 Å². The van der Waals surface area contributed by atoms with E-state index in [2.05, 4.69) is 41.0 Å². The Kier molecular flexibility index (Phi) is 2.92. The van der Waals surface area contributed by atoms with Crippen molar-refractivity contribution in [3.63, 3.8) is 0 Å². The lowest BCUT2D eigenvalue weighted by atomic mass is 10.1. The summed E-state index contributed by atoms with van der Waals surface area (Å²) in [6.45, 7) is 4.17. The van der Waals surface area contributed by atoms with Gasteiger partial charge in [0.2, 0.25) is 0 Å². The molecule has 1 N–H and O–H groups in total. The first kappa shape index (κ1) is 11.4. The molecule has 0 spiro atoms. The van der Waals surface area contributed by atoms with Crippen LogP contribution in [0.25, 0.3) is 10.9 Å². The van der Waals surface area contributed by atoms with Crippen molar-refractivity contribution in [1.82, 2.24) is 4.57 Å². The van der Waals surface area contributed by atoms with Gasteiger partial charge in [0.1, 0.15) is 0 Å². The zero-order valence-electron chi connectivity index (χ0n) is 9.07. The molecule has 1 heterocycles. The molecule has 0 bridgehead atoms. The van der Waals surface area contributed by atoms with E-state index in [1.807, 2.05) is 18.3 Å². The van der Waals surface area contributed by atoms with E-state index in [-0.39, 0.29) is 0 Å². The van der Waals surface area contributed by atoms with Crippen LogP contribution in [0.1, 0.15) is 30.2 Å². The van der Waals surface area contributed by atoms with Crippen molar-refractivity contribution in [3.05, 3.63) is 33.5 Å². The van der Waals surface area contributed by atoms with Crippen LogP contribution in [-0.4, -0.2) is 15.6 Å². The Bertz CT molecular complexity index is 557. The summed E-state index contributed by atoms with van der Waals surface area (Å²) in [5, 5.41) is 9.95. The second-order valence-corrected chi connectivity index (χ2v) is 5.25. The lowest BCUT2D eigenvalue weighted by molar-refractivity contribution is 0.0699. The number of rotatable bonds is 2. The Morgan fingerprint density at radius 2 is 2.12 bits per heavy atom. The minimum atomic E-state index is -0.870. The first-order valence-corrected chi connectivity index (χ1v) is 6.12. The highest BCUT2D eigenvalue weighted by molar-refractivity contribution is 14.1. The van der Waals surface area contributed by atoms with Crippen LogP contribution >= 0.6 is 22.6 Å². The maximum absolute atomic E-state index is 11.1. The molecule has 0 unspecified atom stereocenters. The summed E-state index contributed by atoms with van der Waals surface area (Å²) in [6, 6.07) is 5.92. The summed E-state index contributed by atoms with van der Waals surface area (Å²) in [4.78, 5) is 11.1. The van der Waals surface area contributed by atoms with E-state index in [4.69, 9.17) is 5.11 Å². The van der Waals surface area contributed by atoms with E-state index in [1.54, 1.807) is 6.07 Å². The lowest BCUT2D eigenvalue weighted by Crippen LogP contribution is -2.01. The first-order chi connectivity index (χ1) is 7.50. The third kappa shape index (κ3) is 1.81. The third-order valence-corrected chi connectivity index (χ3v) is 3.21. The Morgan fingerprint density at radius 3 is 2.69 bits per heavy atom. The van der Waals surface area contributed by atoms with Gasteiger partial charge in [-0.25, -0.2) is 4.79 Å². The fourth-order valence-electron chi connectivity index (χ4n) is 1.85. The van der Waals surface area contributed by atoms with Gasteiger partial charge in [-0.15, -0.1) is 0 Å². The number of benzene rings is 1. The van der Waals surface area contributed by atoms with Crippen LogP contribution in [0, 0.1) is 3.57 Å². The van der Waals surface area contributed by atoms with Gasteiger partial charge in [0.05, 0.1) is 11.1 Å². The van der Waals surface area contributed by atoms with Crippen LogP contribution < -0.4 is 0 Å². The second kappa shape index (κ2) is 4.08. The van der Waals surface area contributed by atoms with Gasteiger partial charge < -0.3 is 9.67 Å². The Morgan fingerprint density at radius 1 is 1.44 bits per heavy atom. The smallest absolute Gasteiger partial charge is 0.336 e. The summed E-state index contributed by atoms with van der Waals surface area (Å²) in [6.07, 6.45) is 1.94. The zero-order valence-corrected chi connectivity index (χ0v) is 11.2. The number of fused-ring (bicyclic) bond motifs is 1. The Labute approximate surface area is 107 Å². The first-order valence-electron chi connectivity index (χ1n) is 5.04.